The second kappa shape index (κ2) is 3.67. The molecule has 0 amide bonds. The topological polar surface area (TPSA) is 50.9 Å². The molecule has 0 saturated carbocycles. The first-order chi connectivity index (χ1) is 5.63. The standard InChI is InChI=1S/C8H15N3O/c1-4-8(12)5-11-7(3)9-6(2)10-11/h8,12H,4-5H2,1-3H3. The molecule has 0 spiro atoms. The number of aliphatic hydroxyl groups excluding tert-OH is 1. The predicted octanol–water partition coefficient (Wildman–Crippen LogP) is 0.666. The van der Waals surface area contributed by atoms with Gasteiger partial charge in [0.25, 0.3) is 0 Å². The van der Waals surface area contributed by atoms with Crippen LogP contribution in [0.3, 0.4) is 0 Å². The van der Waals surface area contributed by atoms with E-state index in [1.165, 1.54) is 0 Å². The second-order valence-electron chi connectivity index (χ2n) is 2.95. The fourth-order valence-corrected chi connectivity index (χ4v) is 1.06. The zero-order valence-electron chi connectivity index (χ0n) is 7.78. The van der Waals surface area contributed by atoms with Crippen molar-refractivity contribution in [2.24, 2.45) is 0 Å². The van der Waals surface area contributed by atoms with E-state index in [0.717, 1.165) is 18.1 Å². The van der Waals surface area contributed by atoms with Crippen molar-refractivity contribution in [3.8, 4) is 0 Å². The summed E-state index contributed by atoms with van der Waals surface area (Å²) < 4.78 is 1.74. The molecule has 1 N–H and O–H groups in total. The van der Waals surface area contributed by atoms with Gasteiger partial charge in [-0.2, -0.15) is 5.10 Å². The highest BCUT2D eigenvalue weighted by molar-refractivity contribution is 4.87. The summed E-state index contributed by atoms with van der Waals surface area (Å²) in [7, 11) is 0. The lowest BCUT2D eigenvalue weighted by Gasteiger charge is -2.07. The Morgan fingerprint density at radius 3 is 2.58 bits per heavy atom. The molecule has 4 nitrogen and oxygen atoms in total. The van der Waals surface area contributed by atoms with Crippen LogP contribution >= 0.6 is 0 Å². The van der Waals surface area contributed by atoms with Crippen molar-refractivity contribution < 1.29 is 5.11 Å². The van der Waals surface area contributed by atoms with E-state index in [1.54, 1.807) is 4.68 Å². The fraction of sp³-hybridized carbons (Fsp3) is 0.750. The van der Waals surface area contributed by atoms with Crippen LogP contribution in [0, 0.1) is 13.8 Å². The number of hydrogen-bond donors (Lipinski definition) is 1. The first kappa shape index (κ1) is 9.19. The summed E-state index contributed by atoms with van der Waals surface area (Å²) in [5, 5.41) is 13.5. The van der Waals surface area contributed by atoms with Gasteiger partial charge in [-0.3, -0.25) is 0 Å². The van der Waals surface area contributed by atoms with Crippen LogP contribution in [0.1, 0.15) is 25.0 Å². The largest absolute Gasteiger partial charge is 0.391 e. The lowest BCUT2D eigenvalue weighted by molar-refractivity contribution is 0.144. The highest BCUT2D eigenvalue weighted by atomic mass is 16.3. The van der Waals surface area contributed by atoms with Crippen LogP contribution < -0.4 is 0 Å². The molecule has 1 unspecified atom stereocenters. The van der Waals surface area contributed by atoms with E-state index < -0.39 is 0 Å². The third-order valence-corrected chi connectivity index (χ3v) is 1.82. The maximum Gasteiger partial charge on any atom is 0.147 e. The number of aliphatic hydroxyl groups is 1. The Morgan fingerprint density at radius 2 is 2.17 bits per heavy atom. The van der Waals surface area contributed by atoms with Gasteiger partial charge in [0.1, 0.15) is 11.6 Å². The van der Waals surface area contributed by atoms with Crippen molar-refractivity contribution in [1.29, 1.82) is 0 Å². The first-order valence-electron chi connectivity index (χ1n) is 4.19. The van der Waals surface area contributed by atoms with Crippen molar-refractivity contribution in [3.63, 3.8) is 0 Å². The minimum Gasteiger partial charge on any atom is -0.391 e. The number of hydrogen-bond acceptors (Lipinski definition) is 3. The van der Waals surface area contributed by atoms with Gasteiger partial charge in [0.15, 0.2) is 0 Å². The normalized spacial score (nSPS) is 13.3. The van der Waals surface area contributed by atoms with Crippen molar-refractivity contribution in [2.45, 2.75) is 39.8 Å². The maximum absolute atomic E-state index is 9.36. The molecule has 1 heterocycles. The van der Waals surface area contributed by atoms with Gasteiger partial charge in [0, 0.05) is 0 Å². The van der Waals surface area contributed by atoms with E-state index in [2.05, 4.69) is 10.1 Å². The van der Waals surface area contributed by atoms with Gasteiger partial charge in [-0.1, -0.05) is 6.92 Å². The molecule has 12 heavy (non-hydrogen) atoms. The molecule has 0 aliphatic rings. The highest BCUT2D eigenvalue weighted by Gasteiger charge is 2.06. The predicted molar refractivity (Wildman–Crippen MR) is 45.8 cm³/mol. The van der Waals surface area contributed by atoms with Crippen molar-refractivity contribution >= 4 is 0 Å². The lowest BCUT2D eigenvalue weighted by atomic mass is 10.3. The molecule has 0 bridgehead atoms. The van der Waals surface area contributed by atoms with Crippen LogP contribution in [0.2, 0.25) is 0 Å². The maximum atomic E-state index is 9.36. The van der Waals surface area contributed by atoms with E-state index in [0.29, 0.717) is 6.54 Å². The van der Waals surface area contributed by atoms with Crippen LogP contribution in [-0.4, -0.2) is 26.0 Å². The molecule has 68 valence electrons. The molecular weight excluding hydrogens is 154 g/mol. The molecule has 0 aliphatic carbocycles. The average molecular weight is 169 g/mol. The van der Waals surface area contributed by atoms with Gasteiger partial charge in [0.2, 0.25) is 0 Å². The third kappa shape index (κ3) is 2.04. The Balaban J connectivity index is 2.68. The summed E-state index contributed by atoms with van der Waals surface area (Å²) in [4.78, 5) is 4.14. The van der Waals surface area contributed by atoms with E-state index in [9.17, 15) is 5.11 Å². The van der Waals surface area contributed by atoms with Gasteiger partial charge in [-0.05, 0) is 20.3 Å². The summed E-state index contributed by atoms with van der Waals surface area (Å²) >= 11 is 0. The molecule has 1 rings (SSSR count). The highest BCUT2D eigenvalue weighted by Crippen LogP contribution is 1.99. The van der Waals surface area contributed by atoms with Gasteiger partial charge < -0.3 is 5.11 Å². The van der Waals surface area contributed by atoms with E-state index >= 15 is 0 Å². The number of aromatic nitrogens is 3. The zero-order chi connectivity index (χ0) is 9.14. The zero-order valence-corrected chi connectivity index (χ0v) is 7.78. The smallest absolute Gasteiger partial charge is 0.147 e. The average Bonchev–Trinajstić information content (AvgIpc) is 2.30. The van der Waals surface area contributed by atoms with Gasteiger partial charge in [-0.15, -0.1) is 0 Å². The number of rotatable bonds is 3. The molecule has 0 radical (unpaired) electrons. The molecular formula is C8H15N3O. The summed E-state index contributed by atoms with van der Waals surface area (Å²) in [5.74, 6) is 1.62. The van der Waals surface area contributed by atoms with E-state index in [4.69, 9.17) is 0 Å². The van der Waals surface area contributed by atoms with E-state index in [1.807, 2.05) is 20.8 Å². The van der Waals surface area contributed by atoms with Crippen molar-refractivity contribution in [3.05, 3.63) is 11.6 Å². The Labute approximate surface area is 72.2 Å². The summed E-state index contributed by atoms with van der Waals surface area (Å²) in [6.07, 6.45) is 0.433. The Morgan fingerprint density at radius 1 is 1.50 bits per heavy atom. The van der Waals surface area contributed by atoms with Crippen LogP contribution in [0.4, 0.5) is 0 Å². The fourth-order valence-electron chi connectivity index (χ4n) is 1.06. The quantitative estimate of drug-likeness (QED) is 0.723. The Bertz CT molecular complexity index is 257. The van der Waals surface area contributed by atoms with Crippen molar-refractivity contribution in [1.82, 2.24) is 14.8 Å². The van der Waals surface area contributed by atoms with Crippen LogP contribution in [0.25, 0.3) is 0 Å². The molecule has 1 atom stereocenters. The minimum absolute atomic E-state index is 0.315. The van der Waals surface area contributed by atoms with Gasteiger partial charge in [0.05, 0.1) is 12.6 Å². The Hall–Kier alpha value is -0.900. The van der Waals surface area contributed by atoms with Crippen LogP contribution in [-0.2, 0) is 6.54 Å². The molecule has 0 aliphatic heterocycles. The van der Waals surface area contributed by atoms with Crippen molar-refractivity contribution in [2.75, 3.05) is 0 Å². The van der Waals surface area contributed by atoms with Crippen LogP contribution in [0.5, 0.6) is 0 Å². The monoisotopic (exact) mass is 169 g/mol. The summed E-state index contributed by atoms with van der Waals surface area (Å²) in [6, 6.07) is 0. The molecule has 0 aromatic carbocycles. The molecule has 0 fully saturated rings. The van der Waals surface area contributed by atoms with Gasteiger partial charge in [-0.25, -0.2) is 9.67 Å². The first-order valence-corrected chi connectivity index (χ1v) is 4.19. The SMILES string of the molecule is CCC(O)Cn1nc(C)nc1C. The molecule has 0 saturated heterocycles. The summed E-state index contributed by atoms with van der Waals surface area (Å²) in [5.41, 5.74) is 0. The third-order valence-electron chi connectivity index (χ3n) is 1.82. The lowest BCUT2D eigenvalue weighted by Crippen LogP contribution is -2.16. The minimum atomic E-state index is -0.315. The van der Waals surface area contributed by atoms with E-state index in [-0.39, 0.29) is 6.10 Å². The number of nitrogens with zero attached hydrogens (tertiary/aromatic N) is 3. The van der Waals surface area contributed by atoms with Gasteiger partial charge >= 0.3 is 0 Å². The second-order valence-corrected chi connectivity index (χ2v) is 2.95. The number of aryl methyl sites for hydroxylation is 2. The molecule has 4 heteroatoms. The Kier molecular flexibility index (Phi) is 2.81. The molecule has 1 aromatic rings. The summed E-state index contributed by atoms with van der Waals surface area (Å²) in [6.45, 7) is 6.23. The van der Waals surface area contributed by atoms with Crippen LogP contribution in [0.15, 0.2) is 0 Å². The molecule has 1 aromatic heterocycles.